The molecule has 0 aliphatic carbocycles. The number of ether oxygens (including phenoxy) is 1. The molecule has 0 radical (unpaired) electrons. The molecule has 0 aliphatic heterocycles. The van der Waals surface area contributed by atoms with Crippen LogP contribution in [0.15, 0.2) is 41.5 Å². The van der Waals surface area contributed by atoms with Crippen molar-refractivity contribution in [2.24, 2.45) is 0 Å². The molecule has 0 saturated carbocycles. The number of hydrogen-bond donors (Lipinski definition) is 0. The largest absolute Gasteiger partial charge is 0.497 e. The summed E-state index contributed by atoms with van der Waals surface area (Å²) >= 11 is 3.43. The highest BCUT2D eigenvalue weighted by molar-refractivity contribution is 9.10. The number of aromatic nitrogens is 4. The molecule has 5 nitrogen and oxygen atoms in total. The van der Waals surface area contributed by atoms with E-state index in [9.17, 15) is 0 Å². The maximum absolute atomic E-state index is 5.14. The summed E-state index contributed by atoms with van der Waals surface area (Å²) < 4.78 is 7.75. The smallest absolute Gasteiger partial charge is 0.184 e. The minimum atomic E-state index is 0.697. The van der Waals surface area contributed by atoms with Gasteiger partial charge in [-0.3, -0.25) is 4.57 Å². The van der Waals surface area contributed by atoms with Crippen molar-refractivity contribution in [3.05, 3.63) is 41.5 Å². The molecule has 0 bridgehead atoms. The van der Waals surface area contributed by atoms with Crippen LogP contribution in [0.2, 0.25) is 0 Å². The molecule has 0 fully saturated rings. The van der Waals surface area contributed by atoms with E-state index in [0.29, 0.717) is 4.73 Å². The summed E-state index contributed by atoms with van der Waals surface area (Å²) in [6, 6.07) is 7.70. The Hall–Kier alpha value is -1.95. The van der Waals surface area contributed by atoms with Crippen LogP contribution in [0.1, 0.15) is 0 Å². The summed E-state index contributed by atoms with van der Waals surface area (Å²) in [5.41, 5.74) is 2.48. The van der Waals surface area contributed by atoms with Crippen LogP contribution in [-0.2, 0) is 0 Å². The molecule has 0 saturated heterocycles. The van der Waals surface area contributed by atoms with Crippen LogP contribution < -0.4 is 4.74 Å². The van der Waals surface area contributed by atoms with Crippen LogP contribution in [0.3, 0.4) is 0 Å². The SMILES string of the molecule is COc1ccc(-n2c(Br)nc3cncnc32)cc1. The summed E-state index contributed by atoms with van der Waals surface area (Å²) in [5.74, 6) is 0.814. The van der Waals surface area contributed by atoms with Gasteiger partial charge in [-0.15, -0.1) is 0 Å². The molecule has 0 N–H and O–H groups in total. The van der Waals surface area contributed by atoms with Crippen LogP contribution in [0.5, 0.6) is 5.75 Å². The molecule has 0 unspecified atom stereocenters. The molecule has 2 heterocycles. The first-order valence-corrected chi connectivity index (χ1v) is 6.07. The van der Waals surface area contributed by atoms with E-state index in [1.807, 2.05) is 28.8 Å². The van der Waals surface area contributed by atoms with Crippen LogP contribution >= 0.6 is 15.9 Å². The van der Waals surface area contributed by atoms with Gasteiger partial charge >= 0.3 is 0 Å². The minimum absolute atomic E-state index is 0.697. The Kier molecular flexibility index (Phi) is 2.71. The Morgan fingerprint density at radius 3 is 2.72 bits per heavy atom. The monoisotopic (exact) mass is 304 g/mol. The molecule has 0 atom stereocenters. The molecule has 0 aliphatic rings. The maximum Gasteiger partial charge on any atom is 0.184 e. The second kappa shape index (κ2) is 4.38. The van der Waals surface area contributed by atoms with Gasteiger partial charge < -0.3 is 4.74 Å². The minimum Gasteiger partial charge on any atom is -0.497 e. The van der Waals surface area contributed by atoms with Crippen LogP contribution in [0, 0.1) is 0 Å². The second-order valence-corrected chi connectivity index (χ2v) is 4.36. The van der Waals surface area contributed by atoms with Crippen molar-refractivity contribution < 1.29 is 4.74 Å². The topological polar surface area (TPSA) is 52.8 Å². The average Bonchev–Trinajstić information content (AvgIpc) is 2.75. The number of benzene rings is 1. The van der Waals surface area contributed by atoms with Crippen molar-refractivity contribution >= 4 is 27.1 Å². The van der Waals surface area contributed by atoms with Crippen molar-refractivity contribution in [1.29, 1.82) is 0 Å². The Bertz CT molecular complexity index is 693. The zero-order valence-electron chi connectivity index (χ0n) is 9.54. The number of rotatable bonds is 2. The zero-order chi connectivity index (χ0) is 12.5. The van der Waals surface area contributed by atoms with Crippen molar-refractivity contribution in [2.45, 2.75) is 0 Å². The van der Waals surface area contributed by atoms with E-state index >= 15 is 0 Å². The van der Waals surface area contributed by atoms with Crippen LogP contribution in [0.4, 0.5) is 0 Å². The summed E-state index contributed by atoms with van der Waals surface area (Å²) in [5, 5.41) is 0. The lowest BCUT2D eigenvalue weighted by Crippen LogP contribution is -1.96. The number of imidazole rings is 1. The van der Waals surface area contributed by atoms with Gasteiger partial charge in [0.2, 0.25) is 0 Å². The van der Waals surface area contributed by atoms with Crippen molar-refractivity contribution in [3.8, 4) is 11.4 Å². The Morgan fingerprint density at radius 1 is 1.22 bits per heavy atom. The molecule has 3 aromatic rings. The number of methoxy groups -OCH3 is 1. The first-order chi connectivity index (χ1) is 8.79. The van der Waals surface area contributed by atoms with Gasteiger partial charge in [-0.25, -0.2) is 15.0 Å². The standard InChI is InChI=1S/C12H9BrN4O/c1-18-9-4-2-8(3-5-9)17-11-10(16-12(17)13)6-14-7-15-11/h2-7H,1H3. The lowest BCUT2D eigenvalue weighted by Gasteiger charge is -2.06. The lowest BCUT2D eigenvalue weighted by molar-refractivity contribution is 0.415. The Balaban J connectivity index is 2.20. The van der Waals surface area contributed by atoms with E-state index in [1.165, 1.54) is 6.33 Å². The van der Waals surface area contributed by atoms with Gasteiger partial charge in [0.25, 0.3) is 0 Å². The zero-order valence-corrected chi connectivity index (χ0v) is 11.1. The number of hydrogen-bond acceptors (Lipinski definition) is 4. The van der Waals surface area contributed by atoms with E-state index in [2.05, 4.69) is 30.9 Å². The van der Waals surface area contributed by atoms with E-state index in [-0.39, 0.29) is 0 Å². The van der Waals surface area contributed by atoms with E-state index in [0.717, 1.165) is 22.6 Å². The number of nitrogens with zero attached hydrogens (tertiary/aromatic N) is 4. The number of halogens is 1. The van der Waals surface area contributed by atoms with Crippen molar-refractivity contribution in [3.63, 3.8) is 0 Å². The summed E-state index contributed by atoms with van der Waals surface area (Å²) in [6.07, 6.45) is 3.20. The van der Waals surface area contributed by atoms with E-state index in [1.54, 1.807) is 13.3 Å². The van der Waals surface area contributed by atoms with Gasteiger partial charge in [-0.1, -0.05) is 0 Å². The van der Waals surface area contributed by atoms with Crippen LogP contribution in [0.25, 0.3) is 16.9 Å². The average molecular weight is 305 g/mol. The predicted octanol–water partition coefficient (Wildman–Crippen LogP) is 2.59. The molecule has 18 heavy (non-hydrogen) atoms. The molecule has 0 spiro atoms. The van der Waals surface area contributed by atoms with Gasteiger partial charge in [0, 0.05) is 5.69 Å². The first kappa shape index (κ1) is 11.2. The van der Waals surface area contributed by atoms with Gasteiger partial charge in [0.1, 0.15) is 17.6 Å². The molecular weight excluding hydrogens is 296 g/mol. The van der Waals surface area contributed by atoms with Gasteiger partial charge in [-0.2, -0.15) is 0 Å². The molecule has 1 aromatic carbocycles. The van der Waals surface area contributed by atoms with Gasteiger partial charge in [0.15, 0.2) is 10.4 Å². The summed E-state index contributed by atoms with van der Waals surface area (Å²) in [6.45, 7) is 0. The fraction of sp³-hybridized carbons (Fsp3) is 0.0833. The van der Waals surface area contributed by atoms with E-state index < -0.39 is 0 Å². The molecular formula is C12H9BrN4O. The number of fused-ring (bicyclic) bond motifs is 1. The molecule has 3 rings (SSSR count). The summed E-state index contributed by atoms with van der Waals surface area (Å²) in [7, 11) is 1.64. The highest BCUT2D eigenvalue weighted by Gasteiger charge is 2.11. The second-order valence-electron chi connectivity index (χ2n) is 3.65. The lowest BCUT2D eigenvalue weighted by atomic mass is 10.3. The highest BCUT2D eigenvalue weighted by Crippen LogP contribution is 2.24. The van der Waals surface area contributed by atoms with Gasteiger partial charge in [0.05, 0.1) is 13.3 Å². The molecule has 0 amide bonds. The molecule has 6 heteroatoms. The summed E-state index contributed by atoms with van der Waals surface area (Å²) in [4.78, 5) is 12.6. The third-order valence-electron chi connectivity index (χ3n) is 2.61. The first-order valence-electron chi connectivity index (χ1n) is 5.28. The predicted molar refractivity (Wildman–Crippen MR) is 70.9 cm³/mol. The Labute approximate surface area is 112 Å². The molecule has 90 valence electrons. The third kappa shape index (κ3) is 1.74. The van der Waals surface area contributed by atoms with Gasteiger partial charge in [-0.05, 0) is 40.2 Å². The quantitative estimate of drug-likeness (QED) is 0.683. The van der Waals surface area contributed by atoms with Crippen molar-refractivity contribution in [2.75, 3.05) is 7.11 Å². The highest BCUT2D eigenvalue weighted by atomic mass is 79.9. The van der Waals surface area contributed by atoms with Crippen molar-refractivity contribution in [1.82, 2.24) is 19.5 Å². The van der Waals surface area contributed by atoms with E-state index in [4.69, 9.17) is 4.74 Å². The fourth-order valence-electron chi connectivity index (χ4n) is 1.76. The third-order valence-corrected chi connectivity index (χ3v) is 3.14. The maximum atomic E-state index is 5.14. The fourth-order valence-corrected chi connectivity index (χ4v) is 2.33. The van der Waals surface area contributed by atoms with Crippen LogP contribution in [-0.4, -0.2) is 26.6 Å². The normalized spacial score (nSPS) is 10.8. The molecule has 2 aromatic heterocycles. The Morgan fingerprint density at radius 2 is 2.00 bits per heavy atom.